The van der Waals surface area contributed by atoms with Crippen LogP contribution in [0.2, 0.25) is 0 Å². The predicted molar refractivity (Wildman–Crippen MR) is 56.1 cm³/mol. The molecule has 1 saturated heterocycles. The van der Waals surface area contributed by atoms with E-state index in [2.05, 4.69) is 25.9 Å². The normalized spacial score (nSPS) is 32.0. The van der Waals surface area contributed by atoms with Crippen molar-refractivity contribution in [2.45, 2.75) is 12.0 Å². The predicted octanol–water partition coefficient (Wildman–Crippen LogP) is 0.579. The second-order valence-corrected chi connectivity index (χ2v) is 5.79. The van der Waals surface area contributed by atoms with Crippen LogP contribution in [-0.4, -0.2) is 30.8 Å². The lowest BCUT2D eigenvalue weighted by molar-refractivity contribution is 0.0558. The Bertz CT molecular complexity index is 370. The van der Waals surface area contributed by atoms with Crippen LogP contribution < -0.4 is 0 Å². The molecule has 0 aromatic carbocycles. The lowest BCUT2D eigenvalue weighted by atomic mass is 10.0. The van der Waals surface area contributed by atoms with Crippen molar-refractivity contribution in [2.75, 3.05) is 11.5 Å². The molecular formula is C8H9BrN2O2S. The molecule has 4 nitrogen and oxygen atoms in total. The number of hydrogen-bond acceptors (Lipinski definition) is 4. The van der Waals surface area contributed by atoms with Crippen molar-refractivity contribution in [1.29, 1.82) is 0 Å². The summed E-state index contributed by atoms with van der Waals surface area (Å²) in [5.74, 6) is 1.14. The van der Waals surface area contributed by atoms with Crippen molar-refractivity contribution in [3.8, 4) is 0 Å². The molecule has 2 atom stereocenters. The number of aromatic nitrogens is 2. The van der Waals surface area contributed by atoms with Gasteiger partial charge < -0.3 is 5.11 Å². The fourth-order valence-electron chi connectivity index (χ4n) is 1.42. The maximum absolute atomic E-state index is 11.2. The summed E-state index contributed by atoms with van der Waals surface area (Å²) < 4.78 is 12.0. The topological polar surface area (TPSA) is 63.1 Å². The summed E-state index contributed by atoms with van der Waals surface area (Å²) in [6, 6.07) is 0. The Labute approximate surface area is 92.4 Å². The van der Waals surface area contributed by atoms with Gasteiger partial charge in [-0.3, -0.25) is 4.21 Å². The third kappa shape index (κ3) is 1.87. The van der Waals surface area contributed by atoms with Crippen LogP contribution in [0.1, 0.15) is 12.2 Å². The van der Waals surface area contributed by atoms with Gasteiger partial charge in [0.05, 0.1) is 10.2 Å². The van der Waals surface area contributed by atoms with Gasteiger partial charge in [0.2, 0.25) is 0 Å². The molecule has 6 heteroatoms. The van der Waals surface area contributed by atoms with Gasteiger partial charge in [-0.2, -0.15) is 0 Å². The van der Waals surface area contributed by atoms with Crippen molar-refractivity contribution >= 4 is 26.7 Å². The van der Waals surface area contributed by atoms with Gasteiger partial charge in [0.25, 0.3) is 0 Å². The third-order valence-electron chi connectivity index (χ3n) is 2.18. The van der Waals surface area contributed by atoms with Crippen LogP contribution in [0.4, 0.5) is 0 Å². The van der Waals surface area contributed by atoms with E-state index in [0.717, 1.165) is 4.47 Å². The van der Waals surface area contributed by atoms with Crippen molar-refractivity contribution in [1.82, 2.24) is 9.97 Å². The number of aliphatic hydroxyl groups is 1. The Morgan fingerprint density at radius 3 is 2.64 bits per heavy atom. The van der Waals surface area contributed by atoms with Gasteiger partial charge >= 0.3 is 0 Å². The van der Waals surface area contributed by atoms with Crippen LogP contribution in [0, 0.1) is 0 Å². The molecule has 0 amide bonds. The van der Waals surface area contributed by atoms with Crippen molar-refractivity contribution in [3.63, 3.8) is 0 Å². The van der Waals surface area contributed by atoms with Gasteiger partial charge in [0, 0.05) is 28.9 Å². The molecule has 2 rings (SSSR count). The van der Waals surface area contributed by atoms with Crippen LogP contribution in [0.5, 0.6) is 0 Å². The van der Waals surface area contributed by atoms with E-state index < -0.39 is 16.4 Å². The molecule has 1 aromatic heterocycles. The van der Waals surface area contributed by atoms with Gasteiger partial charge in [-0.15, -0.1) is 0 Å². The molecule has 2 heterocycles. The molecule has 76 valence electrons. The molecule has 1 fully saturated rings. The Balaban J connectivity index is 2.30. The van der Waals surface area contributed by atoms with Crippen molar-refractivity contribution < 1.29 is 9.32 Å². The van der Waals surface area contributed by atoms with E-state index in [1.807, 2.05) is 0 Å². The first kappa shape index (κ1) is 10.2. The van der Waals surface area contributed by atoms with E-state index in [9.17, 15) is 9.32 Å². The number of nitrogens with zero attached hydrogens (tertiary/aromatic N) is 2. The van der Waals surface area contributed by atoms with E-state index >= 15 is 0 Å². The largest absolute Gasteiger partial charge is 0.381 e. The molecule has 1 N–H and O–H groups in total. The monoisotopic (exact) mass is 276 g/mol. The van der Waals surface area contributed by atoms with Crippen LogP contribution in [0.15, 0.2) is 16.9 Å². The first-order valence-corrected chi connectivity index (χ1v) is 6.44. The maximum Gasteiger partial charge on any atom is 0.161 e. The molecule has 0 radical (unpaired) electrons. The highest BCUT2D eigenvalue weighted by Gasteiger charge is 2.39. The molecule has 0 saturated carbocycles. The van der Waals surface area contributed by atoms with E-state index in [4.69, 9.17) is 0 Å². The average Bonchev–Trinajstić information content (AvgIpc) is 2.48. The van der Waals surface area contributed by atoms with Gasteiger partial charge in [-0.25, -0.2) is 9.97 Å². The van der Waals surface area contributed by atoms with Crippen LogP contribution in [-0.2, 0) is 16.4 Å². The minimum atomic E-state index is -1.09. The summed E-state index contributed by atoms with van der Waals surface area (Å²) in [4.78, 5) is 8.05. The minimum absolute atomic E-state index is 0.245. The summed E-state index contributed by atoms with van der Waals surface area (Å²) >= 11 is 3.22. The molecule has 0 aliphatic carbocycles. The van der Waals surface area contributed by atoms with Crippen LogP contribution in [0.3, 0.4) is 0 Å². The van der Waals surface area contributed by atoms with E-state index in [-0.39, 0.29) is 5.75 Å². The molecule has 1 aliphatic rings. The van der Waals surface area contributed by atoms with Crippen molar-refractivity contribution in [3.05, 3.63) is 22.7 Å². The molecule has 14 heavy (non-hydrogen) atoms. The van der Waals surface area contributed by atoms with E-state index in [0.29, 0.717) is 18.0 Å². The van der Waals surface area contributed by atoms with Gasteiger partial charge in [-0.05, 0) is 22.4 Å². The lowest BCUT2D eigenvalue weighted by Gasteiger charge is -2.18. The van der Waals surface area contributed by atoms with Crippen molar-refractivity contribution in [2.24, 2.45) is 0 Å². The number of rotatable bonds is 1. The van der Waals surface area contributed by atoms with E-state index in [1.165, 1.54) is 0 Å². The number of hydrogen-bond donors (Lipinski definition) is 1. The molecule has 0 spiro atoms. The fraction of sp³-hybridized carbons (Fsp3) is 0.500. The molecular weight excluding hydrogens is 268 g/mol. The Morgan fingerprint density at radius 1 is 1.50 bits per heavy atom. The van der Waals surface area contributed by atoms with Crippen LogP contribution >= 0.6 is 15.9 Å². The Kier molecular flexibility index (Phi) is 2.68. The fourth-order valence-corrected chi connectivity index (χ4v) is 3.14. The highest BCUT2D eigenvalue weighted by molar-refractivity contribution is 9.10. The summed E-state index contributed by atoms with van der Waals surface area (Å²) in [5.41, 5.74) is -1.09. The van der Waals surface area contributed by atoms with Gasteiger partial charge in [-0.1, -0.05) is 0 Å². The molecule has 1 aliphatic heterocycles. The first-order valence-electron chi connectivity index (χ1n) is 4.15. The maximum atomic E-state index is 11.2. The zero-order valence-electron chi connectivity index (χ0n) is 7.31. The van der Waals surface area contributed by atoms with Gasteiger partial charge in [0.15, 0.2) is 5.82 Å². The molecule has 1 aromatic rings. The highest BCUT2D eigenvalue weighted by Crippen LogP contribution is 2.29. The summed E-state index contributed by atoms with van der Waals surface area (Å²) in [6.07, 6.45) is 3.64. The summed E-state index contributed by atoms with van der Waals surface area (Å²) in [7, 11) is -0.940. The minimum Gasteiger partial charge on any atom is -0.381 e. The van der Waals surface area contributed by atoms with E-state index in [1.54, 1.807) is 12.4 Å². The highest BCUT2D eigenvalue weighted by atomic mass is 79.9. The van der Waals surface area contributed by atoms with Crippen LogP contribution in [0.25, 0.3) is 0 Å². The molecule has 0 unspecified atom stereocenters. The summed E-state index contributed by atoms with van der Waals surface area (Å²) in [5, 5.41) is 10.1. The average molecular weight is 277 g/mol. The van der Waals surface area contributed by atoms with Gasteiger partial charge in [0.1, 0.15) is 5.60 Å². The zero-order valence-corrected chi connectivity index (χ0v) is 9.71. The smallest absolute Gasteiger partial charge is 0.161 e. The third-order valence-corrected chi connectivity index (χ3v) is 4.05. The second kappa shape index (κ2) is 3.67. The Morgan fingerprint density at radius 2 is 2.14 bits per heavy atom. The second-order valence-electron chi connectivity index (χ2n) is 3.29. The standard InChI is InChI=1S/C8H9BrN2O2S/c9-6-3-10-7(11-4-6)8(12)1-2-14(13)5-8/h3-4,12H,1-2,5H2/t8-,14+/m1/s1. The number of halogens is 1. The molecule has 0 bridgehead atoms. The first-order chi connectivity index (χ1) is 6.60. The Hall–Kier alpha value is -0.330. The lowest BCUT2D eigenvalue weighted by Crippen LogP contribution is -2.28. The zero-order chi connectivity index (χ0) is 10.2. The quantitative estimate of drug-likeness (QED) is 0.815. The SMILES string of the molecule is O=[S@]1CC[C@](O)(c2ncc(Br)cn2)C1. The summed E-state index contributed by atoms with van der Waals surface area (Å²) in [6.45, 7) is 0.